The van der Waals surface area contributed by atoms with Crippen LogP contribution < -0.4 is 0 Å². The molecule has 0 amide bonds. The first-order valence-electron chi connectivity index (χ1n) is 11.0. The molecule has 1 aromatic carbocycles. The van der Waals surface area contributed by atoms with Crippen molar-refractivity contribution >= 4 is 11.6 Å². The van der Waals surface area contributed by atoms with Crippen LogP contribution in [0.15, 0.2) is 30.3 Å². The Morgan fingerprint density at radius 1 is 1.04 bits per heavy atom. The molecule has 1 aliphatic carbocycles. The van der Waals surface area contributed by atoms with Crippen LogP contribution in [0, 0.1) is 23.7 Å². The van der Waals surface area contributed by atoms with Crippen LogP contribution in [-0.2, 0) is 16.0 Å². The molecule has 3 atom stereocenters. The summed E-state index contributed by atoms with van der Waals surface area (Å²) in [4.78, 5) is 23.2. The van der Waals surface area contributed by atoms with Crippen molar-refractivity contribution in [1.82, 2.24) is 0 Å². The minimum Gasteiger partial charge on any atom is -0.299 e. The van der Waals surface area contributed by atoms with E-state index in [2.05, 4.69) is 38.1 Å². The van der Waals surface area contributed by atoms with Gasteiger partial charge < -0.3 is 0 Å². The van der Waals surface area contributed by atoms with E-state index in [4.69, 9.17) is 0 Å². The minimum absolute atomic E-state index is 0.0440. The molecule has 0 saturated heterocycles. The molecular formula is C25H39FO2. The van der Waals surface area contributed by atoms with E-state index in [1.54, 1.807) is 0 Å². The van der Waals surface area contributed by atoms with E-state index >= 15 is 0 Å². The summed E-state index contributed by atoms with van der Waals surface area (Å²) in [6, 6.07) is 10.4. The van der Waals surface area contributed by atoms with Gasteiger partial charge in [-0.3, -0.25) is 9.59 Å². The number of rotatable bonds is 7. The topological polar surface area (TPSA) is 34.1 Å². The van der Waals surface area contributed by atoms with Gasteiger partial charge in [-0.1, -0.05) is 84.2 Å². The Morgan fingerprint density at radius 2 is 1.64 bits per heavy atom. The van der Waals surface area contributed by atoms with E-state index in [-0.39, 0.29) is 23.5 Å². The van der Waals surface area contributed by atoms with Crippen LogP contribution in [0.4, 0.5) is 4.39 Å². The molecule has 28 heavy (non-hydrogen) atoms. The number of alkyl halides is 1. The third kappa shape index (κ3) is 9.12. The van der Waals surface area contributed by atoms with Crippen molar-refractivity contribution in [3.8, 4) is 0 Å². The first kappa shape index (κ1) is 24.5. The highest BCUT2D eigenvalue weighted by atomic mass is 19.1. The Balaban J connectivity index is 0.000000330. The Kier molecular flexibility index (Phi) is 11.3. The van der Waals surface area contributed by atoms with Crippen molar-refractivity contribution in [2.75, 3.05) is 0 Å². The lowest BCUT2D eigenvalue weighted by atomic mass is 9.85. The van der Waals surface area contributed by atoms with E-state index in [0.29, 0.717) is 18.1 Å². The lowest BCUT2D eigenvalue weighted by molar-refractivity contribution is -0.127. The summed E-state index contributed by atoms with van der Waals surface area (Å²) in [6.45, 7) is 10.3. The van der Waals surface area contributed by atoms with Crippen molar-refractivity contribution < 1.29 is 14.0 Å². The van der Waals surface area contributed by atoms with Gasteiger partial charge in [-0.2, -0.15) is 0 Å². The van der Waals surface area contributed by atoms with Crippen LogP contribution in [0.1, 0.15) is 78.7 Å². The Morgan fingerprint density at radius 3 is 2.21 bits per heavy atom. The molecule has 0 heterocycles. The second-order valence-electron chi connectivity index (χ2n) is 8.97. The van der Waals surface area contributed by atoms with Crippen molar-refractivity contribution in [1.29, 1.82) is 0 Å². The smallest absolute Gasteiger partial charge is 0.169 e. The molecule has 3 unspecified atom stereocenters. The van der Waals surface area contributed by atoms with Gasteiger partial charge in [-0.15, -0.1) is 0 Å². The van der Waals surface area contributed by atoms with E-state index in [1.807, 2.05) is 26.8 Å². The van der Waals surface area contributed by atoms with E-state index in [0.717, 1.165) is 38.5 Å². The summed E-state index contributed by atoms with van der Waals surface area (Å²) in [5.41, 5.74) is 1.28. The summed E-state index contributed by atoms with van der Waals surface area (Å²) in [5.74, 6) is 1.19. The fourth-order valence-corrected chi connectivity index (χ4v) is 3.62. The van der Waals surface area contributed by atoms with Gasteiger partial charge in [-0.05, 0) is 37.2 Å². The van der Waals surface area contributed by atoms with Crippen LogP contribution in [0.2, 0.25) is 0 Å². The summed E-state index contributed by atoms with van der Waals surface area (Å²) in [5, 5.41) is 0. The molecule has 1 saturated carbocycles. The summed E-state index contributed by atoms with van der Waals surface area (Å²) in [6.07, 6.45) is 5.08. The lowest BCUT2D eigenvalue weighted by Crippen LogP contribution is -2.22. The zero-order chi connectivity index (χ0) is 21.1. The maximum absolute atomic E-state index is 12.7. The summed E-state index contributed by atoms with van der Waals surface area (Å²) in [7, 11) is 0. The number of Topliss-reactive ketones (excluding diaryl/α,β-unsaturated/α-hetero) is 2. The summed E-state index contributed by atoms with van der Waals surface area (Å²) >= 11 is 0. The van der Waals surface area contributed by atoms with Crippen molar-refractivity contribution in [3.05, 3.63) is 35.9 Å². The number of halogens is 1. The molecule has 158 valence electrons. The fraction of sp³-hybridized carbons (Fsp3) is 0.680. The predicted octanol–water partition coefficient (Wildman–Crippen LogP) is 6.61. The average Bonchev–Trinajstić information content (AvgIpc) is 2.81. The molecule has 0 radical (unpaired) electrons. The van der Waals surface area contributed by atoms with Gasteiger partial charge in [0, 0.05) is 17.8 Å². The second-order valence-corrected chi connectivity index (χ2v) is 8.97. The molecule has 1 aromatic rings. The number of benzene rings is 1. The molecule has 0 aromatic heterocycles. The zero-order valence-corrected chi connectivity index (χ0v) is 18.4. The average molecular weight is 391 g/mol. The minimum atomic E-state index is -1.17. The highest BCUT2D eigenvalue weighted by molar-refractivity contribution is 5.85. The van der Waals surface area contributed by atoms with Crippen LogP contribution >= 0.6 is 0 Å². The van der Waals surface area contributed by atoms with Gasteiger partial charge in [0.05, 0.1) is 0 Å². The maximum Gasteiger partial charge on any atom is 0.169 e. The highest BCUT2D eigenvalue weighted by Crippen LogP contribution is 2.22. The number of ketones is 2. The number of hydrogen-bond donors (Lipinski definition) is 0. The summed E-state index contributed by atoms with van der Waals surface area (Å²) < 4.78 is 12.7. The van der Waals surface area contributed by atoms with Crippen LogP contribution in [-0.4, -0.2) is 17.7 Å². The SMILES string of the molecule is CC(C)CCC(Cc1ccccc1)C(=O)C(C)C.CC1CCCCC(F)C1=O. The molecule has 0 spiro atoms. The molecule has 0 aliphatic heterocycles. The molecular weight excluding hydrogens is 351 g/mol. The van der Waals surface area contributed by atoms with E-state index in [1.165, 1.54) is 5.56 Å². The standard InChI is InChI=1S/C17H26O.C8H13FO/c1-13(2)10-11-16(17(18)14(3)4)12-15-8-6-5-7-9-15;1-6-4-2-3-5-7(9)8(6)10/h5-9,13-14,16H,10-12H2,1-4H3;6-7H,2-5H2,1H3. The van der Waals surface area contributed by atoms with E-state index in [9.17, 15) is 14.0 Å². The van der Waals surface area contributed by atoms with Gasteiger partial charge in [0.2, 0.25) is 0 Å². The number of hydrogen-bond acceptors (Lipinski definition) is 2. The third-order valence-electron chi connectivity index (χ3n) is 5.53. The molecule has 1 fully saturated rings. The van der Waals surface area contributed by atoms with Gasteiger partial charge in [-0.25, -0.2) is 4.39 Å². The highest BCUT2D eigenvalue weighted by Gasteiger charge is 2.25. The third-order valence-corrected chi connectivity index (χ3v) is 5.53. The quantitative estimate of drug-likeness (QED) is 0.491. The van der Waals surface area contributed by atoms with Gasteiger partial charge in [0.15, 0.2) is 12.0 Å². The first-order valence-corrected chi connectivity index (χ1v) is 11.0. The van der Waals surface area contributed by atoms with Crippen LogP contribution in [0.5, 0.6) is 0 Å². The molecule has 0 bridgehead atoms. The number of carbonyl (C=O) groups excluding carboxylic acids is 2. The van der Waals surface area contributed by atoms with Gasteiger partial charge in [0.25, 0.3) is 0 Å². The second kappa shape index (κ2) is 12.9. The molecule has 0 N–H and O–H groups in total. The zero-order valence-electron chi connectivity index (χ0n) is 18.4. The Labute approximate surface area is 171 Å². The predicted molar refractivity (Wildman–Crippen MR) is 115 cm³/mol. The monoisotopic (exact) mass is 390 g/mol. The lowest BCUT2D eigenvalue weighted by Gasteiger charge is -2.19. The normalized spacial score (nSPS) is 21.1. The van der Waals surface area contributed by atoms with E-state index < -0.39 is 6.17 Å². The maximum atomic E-state index is 12.7. The Hall–Kier alpha value is -1.51. The van der Waals surface area contributed by atoms with Crippen LogP contribution in [0.3, 0.4) is 0 Å². The van der Waals surface area contributed by atoms with Crippen molar-refractivity contribution in [2.24, 2.45) is 23.7 Å². The molecule has 2 nitrogen and oxygen atoms in total. The molecule has 3 heteroatoms. The Bertz CT molecular complexity index is 565. The fourth-order valence-electron chi connectivity index (χ4n) is 3.62. The van der Waals surface area contributed by atoms with Crippen molar-refractivity contribution in [2.45, 2.75) is 85.7 Å². The van der Waals surface area contributed by atoms with Gasteiger partial charge >= 0.3 is 0 Å². The molecule has 2 rings (SSSR count). The van der Waals surface area contributed by atoms with Gasteiger partial charge in [0.1, 0.15) is 5.78 Å². The number of carbonyl (C=O) groups is 2. The van der Waals surface area contributed by atoms with Crippen molar-refractivity contribution in [3.63, 3.8) is 0 Å². The van der Waals surface area contributed by atoms with Crippen LogP contribution in [0.25, 0.3) is 0 Å². The first-order chi connectivity index (χ1) is 13.2. The molecule has 1 aliphatic rings. The largest absolute Gasteiger partial charge is 0.299 e.